The van der Waals surface area contributed by atoms with Gasteiger partial charge in [-0.15, -0.1) is 0 Å². The highest BCUT2D eigenvalue weighted by molar-refractivity contribution is 5.94. The van der Waals surface area contributed by atoms with Crippen LogP contribution in [0.1, 0.15) is 10.4 Å². The first-order valence-electron chi connectivity index (χ1n) is 7.35. The van der Waals surface area contributed by atoms with Gasteiger partial charge in [0.2, 0.25) is 0 Å². The molecular formula is C15H20F3N3O2. The second-order valence-corrected chi connectivity index (χ2v) is 5.29. The van der Waals surface area contributed by atoms with Crippen LogP contribution in [0.25, 0.3) is 0 Å². The maximum atomic E-state index is 13.2. The van der Waals surface area contributed by atoms with E-state index in [4.69, 9.17) is 4.74 Å². The lowest BCUT2D eigenvalue weighted by molar-refractivity contribution is -0.183. The summed E-state index contributed by atoms with van der Waals surface area (Å²) in [6.45, 7) is 1.16. The van der Waals surface area contributed by atoms with Crippen LogP contribution in [0.15, 0.2) is 24.3 Å². The van der Waals surface area contributed by atoms with E-state index in [1.165, 1.54) is 24.1 Å². The summed E-state index contributed by atoms with van der Waals surface area (Å²) in [5, 5.41) is 5.39. The SMILES string of the molecule is COc1cccc(C(=O)NCC(N2CCNCC2)C(F)(F)F)c1. The molecule has 1 aliphatic rings. The lowest BCUT2D eigenvalue weighted by Gasteiger charge is -2.35. The van der Waals surface area contributed by atoms with Crippen molar-refractivity contribution < 1.29 is 22.7 Å². The van der Waals surface area contributed by atoms with E-state index in [9.17, 15) is 18.0 Å². The molecular weight excluding hydrogens is 311 g/mol. The number of carbonyl (C=O) groups is 1. The molecule has 1 unspecified atom stereocenters. The number of alkyl halides is 3. The van der Waals surface area contributed by atoms with Crippen molar-refractivity contribution in [2.45, 2.75) is 12.2 Å². The molecule has 0 spiro atoms. The summed E-state index contributed by atoms with van der Waals surface area (Å²) in [5.41, 5.74) is 0.269. The number of ether oxygens (including phenoxy) is 1. The van der Waals surface area contributed by atoms with E-state index in [1.807, 2.05) is 0 Å². The Morgan fingerprint density at radius 3 is 2.70 bits per heavy atom. The van der Waals surface area contributed by atoms with Gasteiger partial charge >= 0.3 is 6.18 Å². The Balaban J connectivity index is 2.01. The fraction of sp³-hybridized carbons (Fsp3) is 0.533. The molecule has 0 aliphatic carbocycles. The first-order valence-corrected chi connectivity index (χ1v) is 7.35. The summed E-state index contributed by atoms with van der Waals surface area (Å²) >= 11 is 0. The number of rotatable bonds is 5. The highest BCUT2D eigenvalue weighted by Gasteiger charge is 2.43. The summed E-state index contributed by atoms with van der Waals surface area (Å²) in [7, 11) is 1.46. The van der Waals surface area contributed by atoms with E-state index in [0.717, 1.165) is 0 Å². The molecule has 8 heteroatoms. The zero-order valence-electron chi connectivity index (χ0n) is 12.8. The van der Waals surface area contributed by atoms with Crippen molar-refractivity contribution in [2.24, 2.45) is 0 Å². The standard InChI is InChI=1S/C15H20F3N3O2/c1-23-12-4-2-3-11(9-12)14(22)20-10-13(15(16,17)18)21-7-5-19-6-8-21/h2-4,9,13,19H,5-8,10H2,1H3,(H,20,22). The van der Waals surface area contributed by atoms with Gasteiger partial charge in [-0.25, -0.2) is 0 Å². The first kappa shape index (κ1) is 17.6. The molecule has 0 saturated carbocycles. The largest absolute Gasteiger partial charge is 0.497 e. The molecule has 0 bridgehead atoms. The van der Waals surface area contributed by atoms with Crippen molar-refractivity contribution in [1.29, 1.82) is 0 Å². The number of nitrogens with zero attached hydrogens (tertiary/aromatic N) is 1. The molecule has 128 valence electrons. The molecule has 1 aliphatic heterocycles. The van der Waals surface area contributed by atoms with Gasteiger partial charge in [0, 0.05) is 38.3 Å². The van der Waals surface area contributed by atoms with Crippen LogP contribution < -0.4 is 15.4 Å². The Morgan fingerprint density at radius 1 is 1.39 bits per heavy atom. The van der Waals surface area contributed by atoms with E-state index in [0.29, 0.717) is 31.9 Å². The topological polar surface area (TPSA) is 53.6 Å². The van der Waals surface area contributed by atoms with Crippen LogP contribution in [0.5, 0.6) is 5.75 Å². The third-order valence-electron chi connectivity index (χ3n) is 3.76. The summed E-state index contributed by atoms with van der Waals surface area (Å²) in [6, 6.07) is 4.62. The van der Waals surface area contributed by atoms with E-state index in [2.05, 4.69) is 10.6 Å². The van der Waals surface area contributed by atoms with Gasteiger partial charge in [0.15, 0.2) is 0 Å². The van der Waals surface area contributed by atoms with E-state index in [-0.39, 0.29) is 5.56 Å². The van der Waals surface area contributed by atoms with Gasteiger partial charge in [0.1, 0.15) is 11.8 Å². The summed E-state index contributed by atoms with van der Waals surface area (Å²) < 4.78 is 44.7. The predicted molar refractivity (Wildman–Crippen MR) is 79.6 cm³/mol. The predicted octanol–water partition coefficient (Wildman–Crippen LogP) is 1.26. The number of piperazine rings is 1. The van der Waals surface area contributed by atoms with Gasteiger partial charge in [0.05, 0.1) is 7.11 Å². The number of halogens is 3. The maximum absolute atomic E-state index is 13.2. The molecule has 1 aromatic carbocycles. The minimum Gasteiger partial charge on any atom is -0.497 e. The number of benzene rings is 1. The quantitative estimate of drug-likeness (QED) is 0.853. The van der Waals surface area contributed by atoms with Crippen molar-refractivity contribution in [3.05, 3.63) is 29.8 Å². The third-order valence-corrected chi connectivity index (χ3v) is 3.76. The number of hydrogen-bond donors (Lipinski definition) is 2. The summed E-state index contributed by atoms with van der Waals surface area (Å²) in [5.74, 6) is -0.0691. The third kappa shape index (κ3) is 4.84. The second kappa shape index (κ2) is 7.65. The average Bonchev–Trinajstić information content (AvgIpc) is 2.54. The molecule has 2 rings (SSSR count). The van der Waals surface area contributed by atoms with Crippen LogP contribution in [-0.2, 0) is 0 Å². The number of amides is 1. The fourth-order valence-corrected chi connectivity index (χ4v) is 2.50. The van der Waals surface area contributed by atoms with Crippen molar-refractivity contribution in [1.82, 2.24) is 15.5 Å². The molecule has 23 heavy (non-hydrogen) atoms. The van der Waals surface area contributed by atoms with Gasteiger partial charge in [-0.3, -0.25) is 9.69 Å². The van der Waals surface area contributed by atoms with Crippen molar-refractivity contribution in [3.63, 3.8) is 0 Å². The van der Waals surface area contributed by atoms with Crippen molar-refractivity contribution in [3.8, 4) is 5.75 Å². The van der Waals surface area contributed by atoms with Gasteiger partial charge in [-0.2, -0.15) is 13.2 Å². The number of hydrogen-bond acceptors (Lipinski definition) is 4. The van der Waals surface area contributed by atoms with Crippen LogP contribution in [0.4, 0.5) is 13.2 Å². The van der Waals surface area contributed by atoms with Gasteiger partial charge in [0.25, 0.3) is 5.91 Å². The minimum absolute atomic E-state index is 0.269. The molecule has 0 radical (unpaired) electrons. The Bertz CT molecular complexity index is 531. The van der Waals surface area contributed by atoms with Crippen LogP contribution in [0, 0.1) is 0 Å². The Labute approximate surface area is 132 Å². The Kier molecular flexibility index (Phi) is 5.84. The molecule has 5 nitrogen and oxygen atoms in total. The number of nitrogens with one attached hydrogen (secondary N) is 2. The van der Waals surface area contributed by atoms with Gasteiger partial charge < -0.3 is 15.4 Å². The van der Waals surface area contributed by atoms with E-state index in [1.54, 1.807) is 12.1 Å². The molecule has 1 atom stereocenters. The fourth-order valence-electron chi connectivity index (χ4n) is 2.50. The molecule has 0 aromatic heterocycles. The number of carbonyl (C=O) groups excluding carboxylic acids is 1. The molecule has 1 amide bonds. The first-order chi connectivity index (χ1) is 10.9. The van der Waals surface area contributed by atoms with Crippen LogP contribution in [-0.4, -0.2) is 62.9 Å². The minimum atomic E-state index is -4.39. The van der Waals surface area contributed by atoms with Crippen LogP contribution in [0.2, 0.25) is 0 Å². The van der Waals surface area contributed by atoms with Crippen LogP contribution >= 0.6 is 0 Å². The zero-order chi connectivity index (χ0) is 16.9. The van der Waals surface area contributed by atoms with Gasteiger partial charge in [-0.05, 0) is 18.2 Å². The zero-order valence-corrected chi connectivity index (χ0v) is 12.8. The van der Waals surface area contributed by atoms with Gasteiger partial charge in [-0.1, -0.05) is 6.07 Å². The monoisotopic (exact) mass is 331 g/mol. The second-order valence-electron chi connectivity index (χ2n) is 5.29. The summed E-state index contributed by atoms with van der Waals surface area (Å²) in [6.07, 6.45) is -4.39. The van der Waals surface area contributed by atoms with Crippen molar-refractivity contribution in [2.75, 3.05) is 39.8 Å². The molecule has 1 saturated heterocycles. The normalized spacial score (nSPS) is 17.6. The van der Waals surface area contributed by atoms with Crippen LogP contribution in [0.3, 0.4) is 0 Å². The highest BCUT2D eigenvalue weighted by Crippen LogP contribution is 2.25. The van der Waals surface area contributed by atoms with Crippen molar-refractivity contribution >= 4 is 5.91 Å². The Hall–Kier alpha value is -1.80. The smallest absolute Gasteiger partial charge is 0.405 e. The maximum Gasteiger partial charge on any atom is 0.405 e. The molecule has 1 heterocycles. The highest BCUT2D eigenvalue weighted by atomic mass is 19.4. The molecule has 1 aromatic rings. The Morgan fingerprint density at radius 2 is 2.09 bits per heavy atom. The van der Waals surface area contributed by atoms with E-state index >= 15 is 0 Å². The average molecular weight is 331 g/mol. The lowest BCUT2D eigenvalue weighted by Crippen LogP contribution is -2.57. The van der Waals surface area contributed by atoms with E-state index < -0.39 is 24.7 Å². The molecule has 2 N–H and O–H groups in total. The number of methoxy groups -OCH3 is 1. The lowest BCUT2D eigenvalue weighted by atomic mass is 10.1. The molecule has 1 fully saturated rings. The summed E-state index contributed by atoms with van der Waals surface area (Å²) in [4.78, 5) is 13.4.